The lowest BCUT2D eigenvalue weighted by atomic mass is 10.0. The Morgan fingerprint density at radius 2 is 2.00 bits per heavy atom. The van der Waals surface area contributed by atoms with Gasteiger partial charge in [0, 0.05) is 24.7 Å². The third-order valence-corrected chi connectivity index (χ3v) is 3.94. The Morgan fingerprint density at radius 1 is 1.33 bits per heavy atom. The van der Waals surface area contributed by atoms with Gasteiger partial charge in [-0.1, -0.05) is 24.0 Å². The van der Waals surface area contributed by atoms with Crippen LogP contribution in [0.2, 0.25) is 0 Å². The van der Waals surface area contributed by atoms with Crippen LogP contribution < -0.4 is 0 Å². The van der Waals surface area contributed by atoms with E-state index in [1.807, 2.05) is 29.2 Å². The van der Waals surface area contributed by atoms with E-state index in [1.54, 1.807) is 0 Å². The van der Waals surface area contributed by atoms with E-state index in [9.17, 15) is 4.79 Å². The lowest BCUT2D eigenvalue weighted by Crippen LogP contribution is -2.44. The maximum absolute atomic E-state index is 12.6. The number of nitrogens with zero attached hydrogens (tertiary/aromatic N) is 2. The number of piperidine rings is 1. The van der Waals surface area contributed by atoms with Crippen LogP contribution in [-0.2, 0) is 0 Å². The molecule has 1 saturated heterocycles. The molecule has 0 atom stereocenters. The van der Waals surface area contributed by atoms with Crippen molar-refractivity contribution < 1.29 is 9.90 Å². The Morgan fingerprint density at radius 3 is 2.62 bits per heavy atom. The van der Waals surface area contributed by atoms with Crippen molar-refractivity contribution in [2.24, 2.45) is 0 Å². The highest BCUT2D eigenvalue weighted by Gasteiger charge is 2.25. The summed E-state index contributed by atoms with van der Waals surface area (Å²) in [5, 5.41) is 8.81. The smallest absolute Gasteiger partial charge is 0.255 e. The topological polar surface area (TPSA) is 43.8 Å². The van der Waals surface area contributed by atoms with Crippen molar-refractivity contribution in [1.82, 2.24) is 9.80 Å². The van der Waals surface area contributed by atoms with Crippen molar-refractivity contribution in [1.29, 1.82) is 0 Å². The average Bonchev–Trinajstić information content (AvgIpc) is 2.52. The van der Waals surface area contributed by atoms with Gasteiger partial charge in [0.1, 0.15) is 6.61 Å². The van der Waals surface area contributed by atoms with E-state index in [2.05, 4.69) is 30.8 Å². The zero-order valence-corrected chi connectivity index (χ0v) is 12.7. The minimum atomic E-state index is -0.198. The molecule has 4 nitrogen and oxygen atoms in total. The van der Waals surface area contributed by atoms with Crippen molar-refractivity contribution >= 4 is 5.91 Å². The van der Waals surface area contributed by atoms with Crippen molar-refractivity contribution in [2.75, 3.05) is 33.8 Å². The number of aliphatic hydroxyl groups excluding tert-OH is 1. The number of benzene rings is 1. The fourth-order valence-electron chi connectivity index (χ4n) is 2.67. The maximum Gasteiger partial charge on any atom is 0.255 e. The minimum Gasteiger partial charge on any atom is -0.384 e. The van der Waals surface area contributed by atoms with Gasteiger partial charge in [-0.2, -0.15) is 0 Å². The lowest BCUT2D eigenvalue weighted by molar-refractivity contribution is 0.0663. The molecule has 0 spiro atoms. The molecule has 21 heavy (non-hydrogen) atoms. The summed E-state index contributed by atoms with van der Waals surface area (Å²) in [6.07, 6.45) is 2.01. The SMILES string of the molecule is CN(C)C1CCN(C(=O)c2ccccc2C#CCO)CC1. The van der Waals surface area contributed by atoms with Gasteiger partial charge >= 0.3 is 0 Å². The largest absolute Gasteiger partial charge is 0.384 e. The number of rotatable bonds is 2. The Bertz CT molecular complexity index is 549. The third-order valence-electron chi connectivity index (χ3n) is 3.94. The molecule has 1 aromatic rings. The molecule has 0 bridgehead atoms. The molecular formula is C17H22N2O2. The molecule has 0 aromatic heterocycles. The van der Waals surface area contributed by atoms with Gasteiger partial charge in [-0.25, -0.2) is 0 Å². The van der Waals surface area contributed by atoms with Crippen LogP contribution in [0, 0.1) is 11.8 Å². The van der Waals surface area contributed by atoms with E-state index in [4.69, 9.17) is 5.11 Å². The zero-order valence-electron chi connectivity index (χ0n) is 12.7. The molecule has 4 heteroatoms. The predicted molar refractivity (Wildman–Crippen MR) is 83.0 cm³/mol. The minimum absolute atomic E-state index is 0.0371. The first-order valence-electron chi connectivity index (χ1n) is 7.28. The van der Waals surface area contributed by atoms with E-state index in [-0.39, 0.29) is 12.5 Å². The quantitative estimate of drug-likeness (QED) is 0.831. The number of hydrogen-bond acceptors (Lipinski definition) is 3. The summed E-state index contributed by atoms with van der Waals surface area (Å²) in [4.78, 5) is 16.8. The van der Waals surface area contributed by atoms with E-state index in [0.717, 1.165) is 25.9 Å². The van der Waals surface area contributed by atoms with Gasteiger partial charge in [0.25, 0.3) is 5.91 Å². The van der Waals surface area contributed by atoms with Crippen molar-refractivity contribution in [3.63, 3.8) is 0 Å². The van der Waals surface area contributed by atoms with Gasteiger partial charge in [-0.3, -0.25) is 4.79 Å². The first-order valence-corrected chi connectivity index (χ1v) is 7.28. The lowest BCUT2D eigenvalue weighted by Gasteiger charge is -2.35. The first kappa shape index (κ1) is 15.6. The van der Waals surface area contributed by atoms with Gasteiger partial charge < -0.3 is 14.9 Å². The summed E-state index contributed by atoms with van der Waals surface area (Å²) in [5.74, 6) is 5.50. The molecule has 1 aliphatic heterocycles. The second kappa shape index (κ2) is 7.26. The summed E-state index contributed by atoms with van der Waals surface area (Å²) in [5.41, 5.74) is 1.31. The number of likely N-dealkylation sites (tertiary alicyclic amines) is 1. The molecule has 0 saturated carbocycles. The highest BCUT2D eigenvalue weighted by atomic mass is 16.2. The van der Waals surface area contributed by atoms with E-state index >= 15 is 0 Å². The van der Waals surface area contributed by atoms with Crippen molar-refractivity contribution in [3.05, 3.63) is 35.4 Å². The Labute approximate surface area is 126 Å². The van der Waals surface area contributed by atoms with Crippen molar-refractivity contribution in [2.45, 2.75) is 18.9 Å². The van der Waals surface area contributed by atoms with Crippen molar-refractivity contribution in [3.8, 4) is 11.8 Å². The third kappa shape index (κ3) is 3.84. The van der Waals surface area contributed by atoms with Crippen LogP contribution in [0.1, 0.15) is 28.8 Å². The fraction of sp³-hybridized carbons (Fsp3) is 0.471. The molecule has 1 aliphatic rings. The predicted octanol–water partition coefficient (Wildman–Crippen LogP) is 1.20. The van der Waals surface area contributed by atoms with Crippen LogP contribution in [0.5, 0.6) is 0 Å². The standard InChI is InChI=1S/C17H22N2O2/c1-18(2)15-9-11-19(12-10-15)17(21)16-8-4-3-6-14(16)7-5-13-20/h3-4,6,8,15,20H,9-13H2,1-2H3. The van der Waals surface area contributed by atoms with Gasteiger partial charge in [-0.05, 0) is 39.1 Å². The molecular weight excluding hydrogens is 264 g/mol. The zero-order chi connectivity index (χ0) is 15.2. The molecule has 1 heterocycles. The number of carbonyl (C=O) groups is 1. The number of amides is 1. The van der Waals surface area contributed by atoms with Crippen LogP contribution in [0.4, 0.5) is 0 Å². The highest BCUT2D eigenvalue weighted by Crippen LogP contribution is 2.18. The van der Waals surface area contributed by atoms with Crippen LogP contribution in [0.15, 0.2) is 24.3 Å². The summed E-state index contributed by atoms with van der Waals surface area (Å²) in [7, 11) is 4.17. The number of carbonyl (C=O) groups excluding carboxylic acids is 1. The summed E-state index contributed by atoms with van der Waals surface area (Å²) in [6.45, 7) is 1.36. The summed E-state index contributed by atoms with van der Waals surface area (Å²) < 4.78 is 0. The molecule has 0 aliphatic carbocycles. The van der Waals surface area contributed by atoms with Crippen LogP contribution in [0.3, 0.4) is 0 Å². The van der Waals surface area contributed by atoms with Crippen LogP contribution in [-0.4, -0.2) is 60.6 Å². The fourth-order valence-corrected chi connectivity index (χ4v) is 2.67. The molecule has 0 unspecified atom stereocenters. The Hall–Kier alpha value is -1.83. The Kier molecular flexibility index (Phi) is 5.38. The van der Waals surface area contributed by atoms with E-state index in [1.165, 1.54) is 0 Å². The molecule has 1 aromatic carbocycles. The Balaban J connectivity index is 2.11. The molecule has 1 fully saturated rings. The molecule has 1 N–H and O–H groups in total. The average molecular weight is 286 g/mol. The van der Waals surface area contributed by atoms with Gasteiger partial charge in [0.2, 0.25) is 0 Å². The maximum atomic E-state index is 12.6. The van der Waals surface area contributed by atoms with Crippen LogP contribution >= 0.6 is 0 Å². The molecule has 1 amide bonds. The summed E-state index contributed by atoms with van der Waals surface area (Å²) >= 11 is 0. The normalized spacial score (nSPS) is 15.7. The highest BCUT2D eigenvalue weighted by molar-refractivity contribution is 5.96. The number of aliphatic hydroxyl groups is 1. The summed E-state index contributed by atoms with van der Waals surface area (Å²) in [6, 6.07) is 7.89. The van der Waals surface area contributed by atoms with Gasteiger partial charge in [-0.15, -0.1) is 0 Å². The van der Waals surface area contributed by atoms with Gasteiger partial charge in [0.05, 0.1) is 5.56 Å². The van der Waals surface area contributed by atoms with E-state index in [0.29, 0.717) is 17.2 Å². The second-order valence-corrected chi connectivity index (χ2v) is 5.49. The molecule has 2 rings (SSSR count). The number of hydrogen-bond donors (Lipinski definition) is 1. The molecule has 0 radical (unpaired) electrons. The van der Waals surface area contributed by atoms with E-state index < -0.39 is 0 Å². The second-order valence-electron chi connectivity index (χ2n) is 5.49. The monoisotopic (exact) mass is 286 g/mol. The van der Waals surface area contributed by atoms with Gasteiger partial charge in [0.15, 0.2) is 0 Å². The molecule has 112 valence electrons. The van der Waals surface area contributed by atoms with Crippen LogP contribution in [0.25, 0.3) is 0 Å². The first-order chi connectivity index (χ1) is 10.1.